The lowest BCUT2D eigenvalue weighted by Crippen LogP contribution is -2.14. The van der Waals surface area contributed by atoms with Gasteiger partial charge in [0.2, 0.25) is 5.75 Å². The molecule has 0 fully saturated rings. The summed E-state index contributed by atoms with van der Waals surface area (Å²) in [7, 11) is 5.96. The average Bonchev–Trinajstić information content (AvgIpc) is 2.71. The van der Waals surface area contributed by atoms with Crippen molar-refractivity contribution in [2.75, 3.05) is 33.8 Å². The topological polar surface area (TPSA) is 89.8 Å². The van der Waals surface area contributed by atoms with Crippen molar-refractivity contribution in [2.24, 2.45) is 0 Å². The van der Waals surface area contributed by atoms with Crippen LogP contribution in [0.15, 0.2) is 42.0 Å². The molecule has 0 aliphatic rings. The number of para-hydroxylation sites is 2. The van der Waals surface area contributed by atoms with E-state index in [9.17, 15) is 10.1 Å². The molecule has 0 unspecified atom stereocenters. The van der Waals surface area contributed by atoms with Crippen LogP contribution in [0.5, 0.6) is 23.0 Å². The van der Waals surface area contributed by atoms with Gasteiger partial charge in [0.05, 0.1) is 34.1 Å². The first kappa shape index (κ1) is 19.7. The summed E-state index contributed by atoms with van der Waals surface area (Å²) in [5.41, 5.74) is 0.860. The van der Waals surface area contributed by atoms with Gasteiger partial charge in [0.25, 0.3) is 5.91 Å². The Morgan fingerprint density at radius 3 is 2.19 bits per heavy atom. The van der Waals surface area contributed by atoms with Crippen molar-refractivity contribution in [3.05, 3.63) is 47.5 Å². The van der Waals surface area contributed by atoms with Gasteiger partial charge in [0.1, 0.15) is 17.4 Å². The summed E-state index contributed by atoms with van der Waals surface area (Å²) in [6.45, 7) is 0. The van der Waals surface area contributed by atoms with Crippen LogP contribution in [0.4, 0.5) is 5.69 Å². The first-order chi connectivity index (χ1) is 13.1. The molecule has 0 heterocycles. The summed E-state index contributed by atoms with van der Waals surface area (Å²) in [6, 6.07) is 12.2. The van der Waals surface area contributed by atoms with Gasteiger partial charge in [-0.15, -0.1) is 0 Å². The van der Waals surface area contributed by atoms with Crippen LogP contribution < -0.4 is 24.3 Å². The van der Waals surface area contributed by atoms with Crippen LogP contribution in [-0.2, 0) is 4.79 Å². The van der Waals surface area contributed by atoms with E-state index in [0.29, 0.717) is 34.2 Å². The van der Waals surface area contributed by atoms with Gasteiger partial charge >= 0.3 is 0 Å². The normalized spacial score (nSPS) is 10.6. The maximum absolute atomic E-state index is 12.5. The molecule has 0 aliphatic carbocycles. The molecule has 1 N–H and O–H groups in total. The van der Waals surface area contributed by atoms with E-state index in [1.165, 1.54) is 34.5 Å². The van der Waals surface area contributed by atoms with Crippen LogP contribution in [0.2, 0.25) is 0 Å². The minimum Gasteiger partial charge on any atom is -0.495 e. The molecule has 0 atom stereocenters. The number of hydrogen-bond acceptors (Lipinski definition) is 6. The lowest BCUT2D eigenvalue weighted by Gasteiger charge is -2.14. The number of hydrogen-bond donors (Lipinski definition) is 1. The van der Waals surface area contributed by atoms with E-state index in [1.54, 1.807) is 36.4 Å². The third-order valence-electron chi connectivity index (χ3n) is 3.75. The zero-order valence-electron chi connectivity index (χ0n) is 15.5. The molecule has 0 saturated carbocycles. The van der Waals surface area contributed by atoms with Gasteiger partial charge < -0.3 is 24.3 Å². The van der Waals surface area contributed by atoms with Crippen molar-refractivity contribution in [3.63, 3.8) is 0 Å². The van der Waals surface area contributed by atoms with Crippen LogP contribution in [0.1, 0.15) is 5.56 Å². The lowest BCUT2D eigenvalue weighted by molar-refractivity contribution is -0.112. The fourth-order valence-electron chi connectivity index (χ4n) is 2.48. The number of ether oxygens (including phenoxy) is 4. The summed E-state index contributed by atoms with van der Waals surface area (Å²) in [4.78, 5) is 12.5. The van der Waals surface area contributed by atoms with E-state index in [2.05, 4.69) is 5.32 Å². The molecule has 0 aromatic heterocycles. The number of benzene rings is 2. The first-order valence-corrected chi connectivity index (χ1v) is 7.94. The molecule has 27 heavy (non-hydrogen) atoms. The molecule has 2 aromatic rings. The Labute approximate surface area is 157 Å². The molecule has 7 nitrogen and oxygen atoms in total. The van der Waals surface area contributed by atoms with Crippen molar-refractivity contribution >= 4 is 17.7 Å². The smallest absolute Gasteiger partial charge is 0.266 e. The highest BCUT2D eigenvalue weighted by atomic mass is 16.5. The minimum absolute atomic E-state index is 0.105. The molecule has 140 valence electrons. The molecule has 0 saturated heterocycles. The predicted molar refractivity (Wildman–Crippen MR) is 101 cm³/mol. The largest absolute Gasteiger partial charge is 0.495 e. The highest BCUT2D eigenvalue weighted by Crippen LogP contribution is 2.40. The number of nitriles is 1. The van der Waals surface area contributed by atoms with Crippen molar-refractivity contribution < 1.29 is 23.7 Å². The van der Waals surface area contributed by atoms with Crippen molar-refractivity contribution in [2.45, 2.75) is 0 Å². The van der Waals surface area contributed by atoms with Crippen LogP contribution in [0.3, 0.4) is 0 Å². The summed E-state index contributed by atoms with van der Waals surface area (Å²) in [6.07, 6.45) is 1.42. The van der Waals surface area contributed by atoms with Crippen LogP contribution in [0, 0.1) is 11.3 Å². The quantitative estimate of drug-likeness (QED) is 0.596. The number of carbonyl (C=O) groups excluding carboxylic acids is 1. The average molecular weight is 368 g/mol. The molecular weight excluding hydrogens is 348 g/mol. The highest BCUT2D eigenvalue weighted by Gasteiger charge is 2.17. The summed E-state index contributed by atoms with van der Waals surface area (Å²) in [5, 5.41) is 12.1. The van der Waals surface area contributed by atoms with E-state index in [-0.39, 0.29) is 5.57 Å². The second kappa shape index (κ2) is 9.15. The molecule has 0 radical (unpaired) electrons. The number of rotatable bonds is 7. The van der Waals surface area contributed by atoms with Crippen LogP contribution in [0.25, 0.3) is 6.08 Å². The third-order valence-corrected chi connectivity index (χ3v) is 3.75. The lowest BCUT2D eigenvalue weighted by atomic mass is 10.1. The van der Waals surface area contributed by atoms with Gasteiger partial charge in [0, 0.05) is 5.56 Å². The maximum Gasteiger partial charge on any atom is 0.266 e. The fraction of sp³-hybridized carbons (Fsp3) is 0.200. The van der Waals surface area contributed by atoms with Crippen LogP contribution >= 0.6 is 0 Å². The number of carbonyl (C=O) groups is 1. The van der Waals surface area contributed by atoms with Crippen molar-refractivity contribution in [3.8, 4) is 29.1 Å². The van der Waals surface area contributed by atoms with E-state index in [4.69, 9.17) is 18.9 Å². The molecule has 1 amide bonds. The zero-order chi connectivity index (χ0) is 19.8. The van der Waals surface area contributed by atoms with E-state index < -0.39 is 5.91 Å². The standard InChI is InChI=1S/C20H20N2O5/c1-24-16-8-6-5-7-15(16)22-20(23)14(12-21)11-13-9-10-17(25-2)19(27-4)18(13)26-3/h5-11H,1-4H3,(H,22,23)/b14-11+. The molecule has 2 rings (SSSR count). The molecular formula is C20H20N2O5. The number of nitrogens with zero attached hydrogens (tertiary/aromatic N) is 1. The Hall–Kier alpha value is -3.66. The van der Waals surface area contributed by atoms with Crippen molar-refractivity contribution in [1.29, 1.82) is 5.26 Å². The Kier molecular flexibility index (Phi) is 6.67. The molecule has 0 aliphatic heterocycles. The van der Waals surface area contributed by atoms with Crippen molar-refractivity contribution in [1.82, 2.24) is 0 Å². The molecule has 0 bridgehead atoms. The summed E-state index contributed by atoms with van der Waals surface area (Å²) >= 11 is 0. The van der Waals surface area contributed by atoms with Gasteiger partial charge in [-0.2, -0.15) is 5.26 Å². The summed E-state index contributed by atoms with van der Waals surface area (Å²) < 4.78 is 21.1. The van der Waals surface area contributed by atoms with Crippen LogP contribution in [-0.4, -0.2) is 34.3 Å². The SMILES string of the molecule is COc1ccccc1NC(=O)/C(C#N)=C/c1ccc(OC)c(OC)c1OC. The van der Waals surface area contributed by atoms with E-state index in [0.717, 1.165) is 0 Å². The first-order valence-electron chi connectivity index (χ1n) is 7.94. The second-order valence-corrected chi connectivity index (χ2v) is 5.25. The Morgan fingerprint density at radius 2 is 1.59 bits per heavy atom. The molecule has 2 aromatic carbocycles. The Bertz CT molecular complexity index is 900. The van der Waals surface area contributed by atoms with Gasteiger partial charge in [0.15, 0.2) is 11.5 Å². The predicted octanol–water partition coefficient (Wildman–Crippen LogP) is 3.27. The number of amides is 1. The maximum atomic E-state index is 12.5. The van der Waals surface area contributed by atoms with Gasteiger partial charge in [-0.1, -0.05) is 12.1 Å². The van der Waals surface area contributed by atoms with Gasteiger partial charge in [-0.3, -0.25) is 4.79 Å². The monoisotopic (exact) mass is 368 g/mol. The Balaban J connectivity index is 2.41. The third kappa shape index (κ3) is 4.30. The summed E-state index contributed by atoms with van der Waals surface area (Å²) in [5.74, 6) is 1.13. The fourth-order valence-corrected chi connectivity index (χ4v) is 2.48. The van der Waals surface area contributed by atoms with E-state index in [1.807, 2.05) is 6.07 Å². The molecule has 0 spiro atoms. The molecule has 7 heteroatoms. The number of anilines is 1. The number of nitrogens with one attached hydrogen (secondary N) is 1. The minimum atomic E-state index is -0.571. The zero-order valence-corrected chi connectivity index (χ0v) is 15.5. The van der Waals surface area contributed by atoms with Gasteiger partial charge in [-0.05, 0) is 30.3 Å². The second-order valence-electron chi connectivity index (χ2n) is 5.25. The van der Waals surface area contributed by atoms with Gasteiger partial charge in [-0.25, -0.2) is 0 Å². The van der Waals surface area contributed by atoms with E-state index >= 15 is 0 Å². The highest BCUT2D eigenvalue weighted by molar-refractivity contribution is 6.10. The Morgan fingerprint density at radius 1 is 0.926 bits per heavy atom. The number of methoxy groups -OCH3 is 4.